The molecular formula is C20H26N6O. The maximum Gasteiger partial charge on any atom is 0.254 e. The summed E-state index contributed by atoms with van der Waals surface area (Å²) in [5.41, 5.74) is 14.7. The highest BCUT2D eigenvalue weighted by molar-refractivity contribution is 5.98. The average Bonchev–Trinajstić information content (AvgIpc) is 2.64. The van der Waals surface area contributed by atoms with Gasteiger partial charge in [0.1, 0.15) is 11.4 Å². The molecule has 0 bridgehead atoms. The van der Waals surface area contributed by atoms with Crippen molar-refractivity contribution in [2.75, 3.05) is 10.6 Å². The van der Waals surface area contributed by atoms with E-state index in [1.165, 1.54) is 6.20 Å². The second-order valence-corrected chi connectivity index (χ2v) is 7.00. The summed E-state index contributed by atoms with van der Waals surface area (Å²) in [6.45, 7) is 5.88. The van der Waals surface area contributed by atoms with E-state index in [-0.39, 0.29) is 17.6 Å². The molecule has 1 aromatic heterocycles. The normalized spacial score (nSPS) is 19.3. The van der Waals surface area contributed by atoms with E-state index in [0.717, 1.165) is 42.5 Å². The number of primary amides is 1. The van der Waals surface area contributed by atoms with Gasteiger partial charge in [-0.1, -0.05) is 37.1 Å². The van der Waals surface area contributed by atoms with Gasteiger partial charge in [0, 0.05) is 24.0 Å². The van der Waals surface area contributed by atoms with Gasteiger partial charge in [0.2, 0.25) is 5.95 Å². The third kappa shape index (κ3) is 4.62. The predicted molar refractivity (Wildman–Crippen MR) is 109 cm³/mol. The Hall–Kier alpha value is -2.93. The van der Waals surface area contributed by atoms with Crippen molar-refractivity contribution < 1.29 is 4.79 Å². The third-order valence-corrected chi connectivity index (χ3v) is 4.83. The van der Waals surface area contributed by atoms with Crippen molar-refractivity contribution in [3.8, 4) is 0 Å². The molecule has 1 aromatic carbocycles. The standard InChI is InChI=1S/C20H26N6O/c1-12(2)13-7-9-14(10-8-13)24-19-15(18(22)27)11-23-20(26-19)25-17-6-4-3-5-16(17)21/h7-11,16-17H,1,3-6,21H2,2H3,(H2,22,27)(H2,23,24,25,26)/t16-,17+/m0/s1. The Kier molecular flexibility index (Phi) is 5.71. The number of rotatable bonds is 6. The predicted octanol–water partition coefficient (Wildman–Crippen LogP) is 3.03. The molecule has 1 saturated carbocycles. The summed E-state index contributed by atoms with van der Waals surface area (Å²) in [7, 11) is 0. The largest absolute Gasteiger partial charge is 0.365 e. The number of amides is 1. The lowest BCUT2D eigenvalue weighted by atomic mass is 9.91. The molecule has 1 fully saturated rings. The van der Waals surface area contributed by atoms with Crippen molar-refractivity contribution in [2.45, 2.75) is 44.7 Å². The van der Waals surface area contributed by atoms with Crippen LogP contribution < -0.4 is 22.1 Å². The maximum atomic E-state index is 11.8. The van der Waals surface area contributed by atoms with Gasteiger partial charge in [0.25, 0.3) is 5.91 Å². The molecule has 7 heteroatoms. The SMILES string of the molecule is C=C(C)c1ccc(Nc2nc(N[C@@H]3CCCC[C@@H]3N)ncc2C(N)=O)cc1. The van der Waals surface area contributed by atoms with Crippen LogP contribution in [-0.4, -0.2) is 28.0 Å². The molecule has 7 nitrogen and oxygen atoms in total. The summed E-state index contributed by atoms with van der Waals surface area (Å²) in [6.07, 6.45) is 5.68. The molecule has 27 heavy (non-hydrogen) atoms. The smallest absolute Gasteiger partial charge is 0.254 e. The van der Waals surface area contributed by atoms with Gasteiger partial charge in [-0.2, -0.15) is 4.98 Å². The van der Waals surface area contributed by atoms with E-state index >= 15 is 0 Å². The first kappa shape index (κ1) is 18.8. The van der Waals surface area contributed by atoms with Gasteiger partial charge in [-0.25, -0.2) is 4.98 Å². The first-order chi connectivity index (χ1) is 12.9. The van der Waals surface area contributed by atoms with Crippen LogP contribution in [0.2, 0.25) is 0 Å². The number of benzene rings is 1. The number of aromatic nitrogens is 2. The number of nitrogens with one attached hydrogen (secondary N) is 2. The first-order valence-electron chi connectivity index (χ1n) is 9.16. The Balaban J connectivity index is 1.83. The Labute approximate surface area is 159 Å². The first-order valence-corrected chi connectivity index (χ1v) is 9.16. The molecule has 0 radical (unpaired) electrons. The minimum absolute atomic E-state index is 0.0734. The van der Waals surface area contributed by atoms with Crippen LogP contribution in [0.5, 0.6) is 0 Å². The van der Waals surface area contributed by atoms with Crippen LogP contribution in [0, 0.1) is 0 Å². The van der Waals surface area contributed by atoms with E-state index in [0.29, 0.717) is 11.8 Å². The molecule has 0 saturated heterocycles. The molecule has 6 N–H and O–H groups in total. The summed E-state index contributed by atoms with van der Waals surface area (Å²) < 4.78 is 0. The van der Waals surface area contributed by atoms with Crippen molar-refractivity contribution in [3.05, 3.63) is 48.2 Å². The highest BCUT2D eigenvalue weighted by Crippen LogP contribution is 2.24. The van der Waals surface area contributed by atoms with Gasteiger partial charge >= 0.3 is 0 Å². The quantitative estimate of drug-likeness (QED) is 0.624. The second-order valence-electron chi connectivity index (χ2n) is 7.00. The Bertz CT molecular complexity index is 833. The number of allylic oxidation sites excluding steroid dienone is 1. The highest BCUT2D eigenvalue weighted by atomic mass is 16.1. The molecule has 3 rings (SSSR count). The lowest BCUT2D eigenvalue weighted by Gasteiger charge is -2.29. The Morgan fingerprint density at radius 2 is 1.93 bits per heavy atom. The third-order valence-electron chi connectivity index (χ3n) is 4.83. The van der Waals surface area contributed by atoms with Gasteiger partial charge in [0.15, 0.2) is 0 Å². The van der Waals surface area contributed by atoms with E-state index in [1.807, 2.05) is 31.2 Å². The van der Waals surface area contributed by atoms with E-state index in [1.54, 1.807) is 0 Å². The summed E-state index contributed by atoms with van der Waals surface area (Å²) in [5.74, 6) is 0.216. The minimum atomic E-state index is -0.586. The average molecular weight is 366 g/mol. The molecule has 1 aliphatic carbocycles. The number of hydrogen-bond donors (Lipinski definition) is 4. The molecule has 142 valence electrons. The lowest BCUT2D eigenvalue weighted by Crippen LogP contribution is -2.43. The van der Waals surface area contributed by atoms with Crippen molar-refractivity contribution in [3.63, 3.8) is 0 Å². The second kappa shape index (κ2) is 8.18. The van der Waals surface area contributed by atoms with Gasteiger partial charge in [-0.05, 0) is 37.5 Å². The van der Waals surface area contributed by atoms with Crippen molar-refractivity contribution in [1.82, 2.24) is 9.97 Å². The number of nitrogens with two attached hydrogens (primary N) is 2. The van der Waals surface area contributed by atoms with E-state index in [2.05, 4.69) is 27.2 Å². The molecule has 2 atom stereocenters. The van der Waals surface area contributed by atoms with Gasteiger partial charge in [0.05, 0.1) is 0 Å². The van der Waals surface area contributed by atoms with Crippen LogP contribution >= 0.6 is 0 Å². The maximum absolute atomic E-state index is 11.8. The van der Waals surface area contributed by atoms with Crippen LogP contribution in [0.4, 0.5) is 17.5 Å². The molecule has 2 aromatic rings. The number of carbonyl (C=O) groups is 1. The van der Waals surface area contributed by atoms with Gasteiger partial charge in [-0.3, -0.25) is 4.79 Å². The fourth-order valence-electron chi connectivity index (χ4n) is 3.21. The summed E-state index contributed by atoms with van der Waals surface area (Å²) >= 11 is 0. The highest BCUT2D eigenvalue weighted by Gasteiger charge is 2.23. The van der Waals surface area contributed by atoms with E-state index < -0.39 is 5.91 Å². The van der Waals surface area contributed by atoms with Crippen molar-refractivity contribution in [1.29, 1.82) is 0 Å². The number of nitrogens with zero attached hydrogens (tertiary/aromatic N) is 2. The molecule has 1 aliphatic rings. The number of anilines is 3. The van der Waals surface area contributed by atoms with Crippen LogP contribution in [0.15, 0.2) is 37.0 Å². The fourth-order valence-corrected chi connectivity index (χ4v) is 3.21. The minimum Gasteiger partial charge on any atom is -0.365 e. The zero-order valence-corrected chi connectivity index (χ0v) is 15.5. The van der Waals surface area contributed by atoms with Crippen molar-refractivity contribution in [2.24, 2.45) is 11.5 Å². The van der Waals surface area contributed by atoms with Gasteiger partial charge in [-0.15, -0.1) is 0 Å². The molecule has 1 amide bonds. The molecule has 0 spiro atoms. The zero-order chi connectivity index (χ0) is 19.4. The van der Waals surface area contributed by atoms with Crippen molar-refractivity contribution >= 4 is 28.9 Å². The van der Waals surface area contributed by atoms with Gasteiger partial charge < -0.3 is 22.1 Å². The van der Waals surface area contributed by atoms with E-state index in [4.69, 9.17) is 11.5 Å². The monoisotopic (exact) mass is 366 g/mol. The number of hydrogen-bond acceptors (Lipinski definition) is 6. The topological polar surface area (TPSA) is 119 Å². The van der Waals surface area contributed by atoms with Crippen LogP contribution in [-0.2, 0) is 0 Å². The molecule has 0 unspecified atom stereocenters. The number of carbonyl (C=O) groups excluding carboxylic acids is 1. The van der Waals surface area contributed by atoms with Crippen LogP contribution in [0.25, 0.3) is 5.57 Å². The van der Waals surface area contributed by atoms with Crippen LogP contribution in [0.3, 0.4) is 0 Å². The van der Waals surface area contributed by atoms with E-state index in [9.17, 15) is 4.79 Å². The molecule has 0 aliphatic heterocycles. The Morgan fingerprint density at radius 3 is 2.56 bits per heavy atom. The summed E-state index contributed by atoms with van der Waals surface area (Å²) in [4.78, 5) is 20.5. The summed E-state index contributed by atoms with van der Waals surface area (Å²) in [6, 6.07) is 7.92. The van der Waals surface area contributed by atoms with Crippen LogP contribution in [0.1, 0.15) is 48.5 Å². The lowest BCUT2D eigenvalue weighted by molar-refractivity contribution is 0.100. The fraction of sp³-hybridized carbons (Fsp3) is 0.350. The molecule has 1 heterocycles. The Morgan fingerprint density at radius 1 is 1.22 bits per heavy atom. The summed E-state index contributed by atoms with van der Waals surface area (Å²) in [5, 5.41) is 6.45. The zero-order valence-electron chi connectivity index (χ0n) is 15.5. The molecular weight excluding hydrogens is 340 g/mol.